The fourth-order valence-corrected chi connectivity index (χ4v) is 4.03. The predicted octanol–water partition coefficient (Wildman–Crippen LogP) is 4.36. The summed E-state index contributed by atoms with van der Waals surface area (Å²) in [5, 5.41) is 3.18. The van der Waals surface area contributed by atoms with E-state index >= 15 is 0 Å². The molecule has 0 spiro atoms. The molecule has 0 radical (unpaired) electrons. The van der Waals surface area contributed by atoms with Crippen molar-refractivity contribution in [2.75, 3.05) is 20.2 Å². The van der Waals surface area contributed by atoms with Crippen molar-refractivity contribution in [1.82, 2.24) is 10.2 Å². The molecule has 5 heteroatoms. The number of nitrogens with one attached hydrogen (secondary N) is 1. The van der Waals surface area contributed by atoms with Crippen molar-refractivity contribution in [2.24, 2.45) is 5.92 Å². The number of hydrogen-bond donors (Lipinski definition) is 1. The van der Waals surface area contributed by atoms with Gasteiger partial charge in [0.05, 0.1) is 13.5 Å². The lowest BCUT2D eigenvalue weighted by molar-refractivity contribution is -0.121. The Labute approximate surface area is 179 Å². The van der Waals surface area contributed by atoms with Crippen LogP contribution in [0.4, 0.5) is 4.39 Å². The number of amides is 1. The van der Waals surface area contributed by atoms with Crippen LogP contribution in [0.2, 0.25) is 0 Å². The molecule has 30 heavy (non-hydrogen) atoms. The second-order valence-electron chi connectivity index (χ2n) is 8.68. The zero-order chi connectivity index (χ0) is 21.5. The van der Waals surface area contributed by atoms with Gasteiger partial charge in [-0.05, 0) is 54.0 Å². The molecular formula is C25H33FN2O2. The van der Waals surface area contributed by atoms with Gasteiger partial charge in [-0.25, -0.2) is 4.39 Å². The third kappa shape index (κ3) is 6.56. The van der Waals surface area contributed by atoms with Gasteiger partial charge in [0.25, 0.3) is 0 Å². The number of carbonyl (C=O) groups excluding carboxylic acids is 1. The van der Waals surface area contributed by atoms with E-state index in [1.54, 1.807) is 12.1 Å². The van der Waals surface area contributed by atoms with Crippen molar-refractivity contribution >= 4 is 5.91 Å². The number of carbonyl (C=O) groups is 1. The van der Waals surface area contributed by atoms with Crippen molar-refractivity contribution in [3.05, 3.63) is 65.0 Å². The number of hydrogen-bond acceptors (Lipinski definition) is 3. The summed E-state index contributed by atoms with van der Waals surface area (Å²) in [7, 11) is 1.47. The van der Waals surface area contributed by atoms with Crippen LogP contribution >= 0.6 is 0 Å². The zero-order valence-corrected chi connectivity index (χ0v) is 18.3. The van der Waals surface area contributed by atoms with Gasteiger partial charge in [0.1, 0.15) is 0 Å². The molecule has 2 aromatic carbocycles. The first-order chi connectivity index (χ1) is 14.4. The van der Waals surface area contributed by atoms with Gasteiger partial charge in [0.2, 0.25) is 5.91 Å². The maximum Gasteiger partial charge on any atom is 0.224 e. The first-order valence-electron chi connectivity index (χ1n) is 10.8. The van der Waals surface area contributed by atoms with Crippen molar-refractivity contribution in [2.45, 2.75) is 52.1 Å². The van der Waals surface area contributed by atoms with Gasteiger partial charge < -0.3 is 10.1 Å². The largest absolute Gasteiger partial charge is 0.494 e. The Hall–Kier alpha value is -2.40. The third-order valence-corrected chi connectivity index (χ3v) is 5.61. The van der Waals surface area contributed by atoms with E-state index in [0.717, 1.165) is 43.5 Å². The normalized spacial score (nSPS) is 15.4. The quantitative estimate of drug-likeness (QED) is 0.701. The Morgan fingerprint density at radius 3 is 2.33 bits per heavy atom. The summed E-state index contributed by atoms with van der Waals surface area (Å²) in [6.45, 7) is 6.92. The lowest BCUT2D eigenvalue weighted by Gasteiger charge is -2.32. The van der Waals surface area contributed by atoms with E-state index in [0.29, 0.717) is 18.9 Å². The molecule has 1 heterocycles. The molecule has 0 unspecified atom stereocenters. The fraction of sp³-hybridized carbons (Fsp3) is 0.480. The van der Waals surface area contributed by atoms with Gasteiger partial charge >= 0.3 is 0 Å². The van der Waals surface area contributed by atoms with Crippen LogP contribution in [0.15, 0.2) is 42.5 Å². The highest BCUT2D eigenvalue weighted by molar-refractivity contribution is 5.78. The molecule has 1 aliphatic heterocycles. The summed E-state index contributed by atoms with van der Waals surface area (Å²) in [5.41, 5.74) is 3.31. The van der Waals surface area contributed by atoms with E-state index in [1.807, 2.05) is 6.07 Å². The van der Waals surface area contributed by atoms with E-state index in [4.69, 9.17) is 4.74 Å². The van der Waals surface area contributed by atoms with Crippen LogP contribution in [-0.2, 0) is 24.2 Å². The molecule has 1 amide bonds. The molecule has 3 rings (SSSR count). The molecule has 1 saturated heterocycles. The van der Waals surface area contributed by atoms with E-state index < -0.39 is 0 Å². The van der Waals surface area contributed by atoms with E-state index in [9.17, 15) is 9.18 Å². The second kappa shape index (κ2) is 10.6. The van der Waals surface area contributed by atoms with Crippen LogP contribution in [0.3, 0.4) is 0 Å². The van der Waals surface area contributed by atoms with Crippen LogP contribution < -0.4 is 10.1 Å². The van der Waals surface area contributed by atoms with Crippen molar-refractivity contribution in [3.63, 3.8) is 0 Å². The highest BCUT2D eigenvalue weighted by Gasteiger charge is 2.21. The first kappa shape index (κ1) is 22.3. The minimum absolute atomic E-state index is 0.0854. The molecule has 1 fully saturated rings. The first-order valence-corrected chi connectivity index (χ1v) is 10.8. The zero-order valence-electron chi connectivity index (χ0n) is 18.3. The van der Waals surface area contributed by atoms with Crippen LogP contribution in [0.5, 0.6) is 5.75 Å². The number of nitrogens with zero attached hydrogens (tertiary/aromatic N) is 1. The Morgan fingerprint density at radius 2 is 1.73 bits per heavy atom. The van der Waals surface area contributed by atoms with Gasteiger partial charge in [0, 0.05) is 25.7 Å². The van der Waals surface area contributed by atoms with Gasteiger partial charge in [-0.2, -0.15) is 0 Å². The average molecular weight is 413 g/mol. The summed E-state index contributed by atoms with van der Waals surface area (Å²) in [6.07, 6.45) is 3.32. The van der Waals surface area contributed by atoms with E-state index in [2.05, 4.69) is 48.3 Å². The fourth-order valence-electron chi connectivity index (χ4n) is 4.03. The maximum atomic E-state index is 13.9. The molecule has 0 bridgehead atoms. The average Bonchev–Trinajstić information content (AvgIpc) is 2.71. The minimum Gasteiger partial charge on any atom is -0.494 e. The summed E-state index contributed by atoms with van der Waals surface area (Å²) in [6, 6.07) is 13.7. The van der Waals surface area contributed by atoms with Crippen molar-refractivity contribution in [1.29, 1.82) is 0 Å². The van der Waals surface area contributed by atoms with Gasteiger partial charge in [0.15, 0.2) is 11.6 Å². The predicted molar refractivity (Wildman–Crippen MR) is 118 cm³/mol. The Morgan fingerprint density at radius 1 is 1.10 bits per heavy atom. The van der Waals surface area contributed by atoms with Crippen molar-refractivity contribution in [3.8, 4) is 5.75 Å². The van der Waals surface area contributed by atoms with E-state index in [-0.39, 0.29) is 23.5 Å². The van der Waals surface area contributed by atoms with Crippen LogP contribution in [-0.4, -0.2) is 37.0 Å². The standard InChI is InChI=1S/C25H33FN2O2/c1-18(2)14-19-4-6-20(7-5-19)16-25(29)27-22-10-12-28(13-11-22)17-21-8-9-24(30-3)23(26)15-21/h4-9,15,18,22H,10-14,16-17H2,1-3H3,(H,27,29). The Kier molecular flexibility index (Phi) is 7.86. The number of ether oxygens (including phenoxy) is 1. The van der Waals surface area contributed by atoms with E-state index in [1.165, 1.54) is 12.7 Å². The van der Waals surface area contributed by atoms with Gasteiger partial charge in [-0.15, -0.1) is 0 Å². The monoisotopic (exact) mass is 412 g/mol. The molecule has 2 aromatic rings. The number of rotatable bonds is 8. The number of halogens is 1. The van der Waals surface area contributed by atoms with Crippen molar-refractivity contribution < 1.29 is 13.9 Å². The maximum absolute atomic E-state index is 13.9. The molecule has 0 aliphatic carbocycles. The number of benzene rings is 2. The summed E-state index contributed by atoms with van der Waals surface area (Å²) in [4.78, 5) is 14.7. The van der Waals surface area contributed by atoms with Crippen LogP contribution in [0.1, 0.15) is 43.4 Å². The lowest BCUT2D eigenvalue weighted by Crippen LogP contribution is -2.44. The molecule has 1 N–H and O–H groups in total. The van der Waals surface area contributed by atoms with Gasteiger partial charge in [-0.3, -0.25) is 9.69 Å². The minimum atomic E-state index is -0.325. The smallest absolute Gasteiger partial charge is 0.224 e. The number of piperidine rings is 1. The third-order valence-electron chi connectivity index (χ3n) is 5.61. The topological polar surface area (TPSA) is 41.6 Å². The van der Waals surface area contributed by atoms with Gasteiger partial charge in [-0.1, -0.05) is 44.2 Å². The SMILES string of the molecule is COc1ccc(CN2CCC(NC(=O)Cc3ccc(CC(C)C)cc3)CC2)cc1F. The Bertz CT molecular complexity index is 828. The van der Waals surface area contributed by atoms with Crippen LogP contribution in [0, 0.1) is 11.7 Å². The molecular weight excluding hydrogens is 379 g/mol. The molecule has 0 aromatic heterocycles. The lowest BCUT2D eigenvalue weighted by atomic mass is 10.0. The molecule has 162 valence electrons. The Balaban J connectivity index is 1.41. The summed E-state index contributed by atoms with van der Waals surface area (Å²) in [5.74, 6) is 0.667. The van der Waals surface area contributed by atoms with Crippen LogP contribution in [0.25, 0.3) is 0 Å². The number of methoxy groups -OCH3 is 1. The highest BCUT2D eigenvalue weighted by Crippen LogP contribution is 2.20. The second-order valence-corrected chi connectivity index (χ2v) is 8.68. The highest BCUT2D eigenvalue weighted by atomic mass is 19.1. The summed E-state index contributed by atoms with van der Waals surface area (Å²) >= 11 is 0. The summed E-state index contributed by atoms with van der Waals surface area (Å²) < 4.78 is 18.9. The molecule has 0 atom stereocenters. The number of likely N-dealkylation sites (tertiary alicyclic amines) is 1. The molecule has 1 aliphatic rings. The molecule has 0 saturated carbocycles. The molecule has 4 nitrogen and oxygen atoms in total.